The predicted molar refractivity (Wildman–Crippen MR) is 203 cm³/mol. The molecule has 0 saturated carbocycles. The Bertz CT molecular complexity index is 1250. The highest BCUT2D eigenvalue weighted by Crippen LogP contribution is 2.30. The van der Waals surface area contributed by atoms with Gasteiger partial charge in [-0.25, -0.2) is 4.79 Å². The fraction of sp³-hybridized carbons (Fsp3) is 0.614. The number of benzene rings is 3. The van der Waals surface area contributed by atoms with Crippen molar-refractivity contribution >= 4 is 16.7 Å². The third-order valence-corrected chi connectivity index (χ3v) is 9.43. The van der Waals surface area contributed by atoms with Gasteiger partial charge < -0.3 is 14.2 Å². The van der Waals surface area contributed by atoms with Crippen LogP contribution in [0.15, 0.2) is 60.7 Å². The van der Waals surface area contributed by atoms with Gasteiger partial charge in [0.2, 0.25) is 0 Å². The summed E-state index contributed by atoms with van der Waals surface area (Å²) in [7, 11) is 0. The number of hydrogen-bond donors (Lipinski definition) is 0. The lowest BCUT2D eigenvalue weighted by Crippen LogP contribution is -2.15. The Hall–Kier alpha value is -3.01. The summed E-state index contributed by atoms with van der Waals surface area (Å²) in [5, 5.41) is 2.18. The van der Waals surface area contributed by atoms with E-state index in [1.54, 1.807) is 0 Å². The first-order valence-corrected chi connectivity index (χ1v) is 19.7. The molecular weight excluding hydrogens is 592 g/mol. The molecule has 0 spiro atoms. The zero-order valence-corrected chi connectivity index (χ0v) is 30.7. The van der Waals surface area contributed by atoms with E-state index in [9.17, 15) is 4.79 Å². The fourth-order valence-electron chi connectivity index (χ4n) is 6.35. The molecule has 4 heteroatoms. The van der Waals surface area contributed by atoms with Gasteiger partial charge in [-0.15, -0.1) is 0 Å². The molecule has 48 heavy (non-hydrogen) atoms. The van der Waals surface area contributed by atoms with Crippen LogP contribution < -0.4 is 9.47 Å². The van der Waals surface area contributed by atoms with Gasteiger partial charge in [-0.1, -0.05) is 154 Å². The number of ether oxygens (including phenoxy) is 3. The van der Waals surface area contributed by atoms with Crippen LogP contribution in [0.2, 0.25) is 0 Å². The first-order valence-electron chi connectivity index (χ1n) is 19.7. The van der Waals surface area contributed by atoms with E-state index in [0.717, 1.165) is 53.7 Å². The summed E-state index contributed by atoms with van der Waals surface area (Å²) in [6.45, 7) is 7.67. The van der Waals surface area contributed by atoms with E-state index < -0.39 is 0 Å². The molecular formula is C44H66O4. The van der Waals surface area contributed by atoms with Gasteiger partial charge in [0, 0.05) is 5.39 Å². The van der Waals surface area contributed by atoms with Crippen molar-refractivity contribution in [2.45, 2.75) is 168 Å². The molecule has 0 radical (unpaired) electrons. The summed E-state index contributed by atoms with van der Waals surface area (Å²) in [6.07, 6.45) is 27.6. The molecule has 0 aliphatic rings. The van der Waals surface area contributed by atoms with Gasteiger partial charge >= 0.3 is 5.97 Å². The molecule has 0 heterocycles. The standard InChI is InChI=1S/C44H66O4/c1-4-6-8-10-11-12-13-14-15-16-17-18-19-20-21-23-34-46-41-32-33-42-40(35-41)26-24-27-43(42)47-36-38-28-30-39(31-29-38)44(45)48-37(3)25-22-9-7-5-2/h24,26-33,35,37H,4-23,25,34,36H2,1-3H3/t37-/m1/s1. The summed E-state index contributed by atoms with van der Waals surface area (Å²) < 4.78 is 18.0. The molecule has 3 aromatic carbocycles. The van der Waals surface area contributed by atoms with Gasteiger partial charge in [0.25, 0.3) is 0 Å². The van der Waals surface area contributed by atoms with Crippen LogP contribution >= 0.6 is 0 Å². The third-order valence-electron chi connectivity index (χ3n) is 9.43. The second-order valence-electron chi connectivity index (χ2n) is 13.8. The minimum Gasteiger partial charge on any atom is -0.494 e. The Labute approximate surface area is 293 Å². The number of hydrogen-bond acceptors (Lipinski definition) is 4. The molecule has 0 N–H and O–H groups in total. The molecule has 0 aromatic heterocycles. The Morgan fingerprint density at radius 3 is 1.77 bits per heavy atom. The van der Waals surface area contributed by atoms with Crippen molar-refractivity contribution in [3.05, 3.63) is 71.8 Å². The van der Waals surface area contributed by atoms with Crippen molar-refractivity contribution in [3.8, 4) is 11.5 Å². The van der Waals surface area contributed by atoms with E-state index in [4.69, 9.17) is 14.2 Å². The summed E-state index contributed by atoms with van der Waals surface area (Å²) in [6, 6.07) is 19.9. The van der Waals surface area contributed by atoms with Crippen LogP contribution in [0.3, 0.4) is 0 Å². The molecule has 0 saturated heterocycles. The van der Waals surface area contributed by atoms with Gasteiger partial charge in [-0.2, -0.15) is 0 Å². The SMILES string of the molecule is CCCCCCCCCCCCCCCCCCOc1ccc2c(OCc3ccc(C(=O)O[C@H](C)CCCCCC)cc3)cccc2c1. The van der Waals surface area contributed by atoms with E-state index >= 15 is 0 Å². The number of unbranched alkanes of at least 4 members (excludes halogenated alkanes) is 18. The van der Waals surface area contributed by atoms with Crippen molar-refractivity contribution in [2.24, 2.45) is 0 Å². The number of fused-ring (bicyclic) bond motifs is 1. The molecule has 0 fully saturated rings. The van der Waals surface area contributed by atoms with E-state index in [1.165, 1.54) is 116 Å². The Morgan fingerprint density at radius 2 is 1.17 bits per heavy atom. The average Bonchev–Trinajstić information content (AvgIpc) is 3.10. The Morgan fingerprint density at radius 1 is 0.604 bits per heavy atom. The maximum atomic E-state index is 12.6. The topological polar surface area (TPSA) is 44.8 Å². The number of carbonyl (C=O) groups excluding carboxylic acids is 1. The molecule has 0 aliphatic carbocycles. The van der Waals surface area contributed by atoms with Gasteiger partial charge in [0.15, 0.2) is 0 Å². The van der Waals surface area contributed by atoms with Gasteiger partial charge in [0.05, 0.1) is 18.3 Å². The van der Waals surface area contributed by atoms with Gasteiger partial charge in [0.1, 0.15) is 18.1 Å². The molecule has 3 rings (SSSR count). The summed E-state index contributed by atoms with van der Waals surface area (Å²) in [5.74, 6) is 1.50. The average molecular weight is 659 g/mol. The van der Waals surface area contributed by atoms with Crippen molar-refractivity contribution in [1.29, 1.82) is 0 Å². The Balaban J connectivity index is 1.27. The van der Waals surface area contributed by atoms with E-state index in [-0.39, 0.29) is 12.1 Å². The molecule has 4 nitrogen and oxygen atoms in total. The lowest BCUT2D eigenvalue weighted by molar-refractivity contribution is 0.0319. The van der Waals surface area contributed by atoms with Crippen molar-refractivity contribution in [3.63, 3.8) is 0 Å². The van der Waals surface area contributed by atoms with E-state index in [0.29, 0.717) is 12.2 Å². The predicted octanol–water partition coefficient (Wildman–Crippen LogP) is 13.6. The second kappa shape index (κ2) is 25.0. The molecule has 0 aliphatic heterocycles. The van der Waals surface area contributed by atoms with Crippen LogP contribution in [-0.2, 0) is 11.3 Å². The quantitative estimate of drug-likeness (QED) is 0.0575. The van der Waals surface area contributed by atoms with E-state index in [1.807, 2.05) is 49.4 Å². The first-order chi connectivity index (χ1) is 23.6. The zero-order valence-electron chi connectivity index (χ0n) is 30.7. The van der Waals surface area contributed by atoms with Crippen molar-refractivity contribution in [2.75, 3.05) is 6.61 Å². The number of rotatable bonds is 28. The minimum atomic E-state index is -0.257. The summed E-state index contributed by atoms with van der Waals surface area (Å²) >= 11 is 0. The maximum Gasteiger partial charge on any atom is 0.338 e. The van der Waals surface area contributed by atoms with Crippen LogP contribution in [0.25, 0.3) is 10.8 Å². The summed E-state index contributed by atoms with van der Waals surface area (Å²) in [4.78, 5) is 12.6. The number of esters is 1. The molecule has 1 atom stereocenters. The highest BCUT2D eigenvalue weighted by atomic mass is 16.5. The van der Waals surface area contributed by atoms with Crippen LogP contribution in [0.1, 0.15) is 172 Å². The highest BCUT2D eigenvalue weighted by Gasteiger charge is 2.12. The van der Waals surface area contributed by atoms with Crippen LogP contribution in [0.5, 0.6) is 11.5 Å². The normalized spacial score (nSPS) is 11.9. The monoisotopic (exact) mass is 658 g/mol. The molecule has 266 valence electrons. The van der Waals surface area contributed by atoms with Crippen LogP contribution in [0, 0.1) is 0 Å². The van der Waals surface area contributed by atoms with Crippen LogP contribution in [-0.4, -0.2) is 18.7 Å². The molecule has 0 bridgehead atoms. The summed E-state index contributed by atoms with van der Waals surface area (Å²) in [5.41, 5.74) is 1.59. The Kier molecular flexibility index (Phi) is 20.6. The lowest BCUT2D eigenvalue weighted by atomic mass is 10.0. The second-order valence-corrected chi connectivity index (χ2v) is 13.8. The third kappa shape index (κ3) is 16.4. The molecule has 0 amide bonds. The molecule has 3 aromatic rings. The minimum absolute atomic E-state index is 0.0616. The fourth-order valence-corrected chi connectivity index (χ4v) is 6.35. The highest BCUT2D eigenvalue weighted by molar-refractivity contribution is 5.90. The zero-order chi connectivity index (χ0) is 34.1. The smallest absolute Gasteiger partial charge is 0.338 e. The number of carbonyl (C=O) groups is 1. The lowest BCUT2D eigenvalue weighted by Gasteiger charge is -2.14. The van der Waals surface area contributed by atoms with Gasteiger partial charge in [-0.3, -0.25) is 0 Å². The molecule has 0 unspecified atom stereocenters. The maximum absolute atomic E-state index is 12.6. The van der Waals surface area contributed by atoms with Crippen LogP contribution in [0.4, 0.5) is 0 Å². The first kappa shape index (κ1) is 39.4. The van der Waals surface area contributed by atoms with Crippen molar-refractivity contribution in [1.82, 2.24) is 0 Å². The van der Waals surface area contributed by atoms with E-state index in [2.05, 4.69) is 32.0 Å². The van der Waals surface area contributed by atoms with Gasteiger partial charge in [-0.05, 0) is 73.5 Å². The van der Waals surface area contributed by atoms with Crippen molar-refractivity contribution < 1.29 is 19.0 Å². The largest absolute Gasteiger partial charge is 0.494 e.